The Hall–Kier alpha value is 0.210. The summed E-state index contributed by atoms with van der Waals surface area (Å²) in [4.78, 5) is 0. The van der Waals surface area contributed by atoms with Crippen LogP contribution in [0.1, 0.15) is 12.8 Å². The highest BCUT2D eigenvalue weighted by Gasteiger charge is 2.14. The molecule has 0 aliphatic carbocycles. The van der Waals surface area contributed by atoms with Gasteiger partial charge in [0.2, 0.25) is 0 Å². The summed E-state index contributed by atoms with van der Waals surface area (Å²) in [5, 5.41) is 3.30. The van der Waals surface area contributed by atoms with Gasteiger partial charge in [-0.15, -0.1) is 12.4 Å². The summed E-state index contributed by atoms with van der Waals surface area (Å²) < 4.78 is 4.91. The highest BCUT2D eigenvalue weighted by atomic mass is 35.5. The molecule has 0 aromatic heterocycles. The van der Waals surface area contributed by atoms with Gasteiger partial charge in [0.25, 0.3) is 0 Å². The van der Waals surface area contributed by atoms with E-state index in [-0.39, 0.29) is 12.4 Å². The Labute approximate surface area is 62.4 Å². The molecule has 0 radical (unpaired) electrons. The first-order chi connectivity index (χ1) is 3.93. The van der Waals surface area contributed by atoms with Crippen molar-refractivity contribution in [2.75, 3.05) is 20.3 Å². The molecule has 0 spiro atoms. The van der Waals surface area contributed by atoms with Crippen molar-refractivity contribution in [3.63, 3.8) is 0 Å². The van der Waals surface area contributed by atoms with Gasteiger partial charge in [0.15, 0.2) is 0 Å². The molecule has 0 unspecified atom stereocenters. The Morgan fingerprint density at radius 2 is 2.33 bits per heavy atom. The second kappa shape index (κ2) is 5.03. The Bertz CT molecular complexity index is 66.1. The van der Waals surface area contributed by atoms with Crippen LogP contribution < -0.4 is 5.32 Å². The van der Waals surface area contributed by atoms with Crippen LogP contribution in [0.25, 0.3) is 0 Å². The van der Waals surface area contributed by atoms with Crippen LogP contribution in [0.3, 0.4) is 0 Å². The topological polar surface area (TPSA) is 21.3 Å². The maximum atomic E-state index is 4.91. The van der Waals surface area contributed by atoms with Crippen LogP contribution in [0.2, 0.25) is 0 Å². The second-order valence-corrected chi connectivity index (χ2v) is 2.22. The van der Waals surface area contributed by atoms with Crippen molar-refractivity contribution in [1.82, 2.24) is 5.32 Å². The van der Waals surface area contributed by atoms with E-state index >= 15 is 0 Å². The first kappa shape index (κ1) is 9.21. The fourth-order valence-corrected chi connectivity index (χ4v) is 0.855. The normalized spacial score (nSPS) is 24.3. The molecule has 1 saturated heterocycles. The van der Waals surface area contributed by atoms with Gasteiger partial charge in [-0.05, 0) is 19.4 Å². The van der Waals surface area contributed by atoms with Crippen molar-refractivity contribution in [2.45, 2.75) is 18.9 Å². The van der Waals surface area contributed by atoms with Crippen LogP contribution >= 0.6 is 12.4 Å². The molecule has 0 bridgehead atoms. The third kappa shape index (κ3) is 3.04. The number of ether oxygens (including phenoxy) is 1. The zero-order valence-corrected chi connectivity index (χ0v) is 6.54. The van der Waals surface area contributed by atoms with Gasteiger partial charge < -0.3 is 10.1 Å². The third-order valence-electron chi connectivity index (χ3n) is 1.60. The van der Waals surface area contributed by atoms with Crippen molar-refractivity contribution in [3.8, 4) is 0 Å². The molecule has 1 aliphatic rings. The van der Waals surface area contributed by atoms with Gasteiger partial charge in [0, 0.05) is 19.8 Å². The van der Waals surface area contributed by atoms with E-state index < -0.39 is 0 Å². The minimum absolute atomic E-state index is 0. The van der Waals surface area contributed by atoms with Crippen LogP contribution in [-0.4, -0.2) is 26.3 Å². The lowest BCUT2D eigenvalue weighted by molar-refractivity contribution is 0.169. The maximum Gasteiger partial charge on any atom is 0.0477 e. The van der Waals surface area contributed by atoms with E-state index in [1.807, 2.05) is 0 Å². The van der Waals surface area contributed by atoms with E-state index in [0.717, 1.165) is 12.6 Å². The molecule has 9 heavy (non-hydrogen) atoms. The fraction of sp³-hybridized carbons (Fsp3) is 1.00. The first-order valence-electron chi connectivity index (χ1n) is 3.16. The van der Waals surface area contributed by atoms with Crippen molar-refractivity contribution in [2.24, 2.45) is 0 Å². The van der Waals surface area contributed by atoms with Crippen molar-refractivity contribution >= 4 is 12.4 Å². The molecular weight excluding hydrogens is 138 g/mol. The largest absolute Gasteiger partial charge is 0.385 e. The average molecular weight is 152 g/mol. The van der Waals surface area contributed by atoms with Gasteiger partial charge in [-0.2, -0.15) is 0 Å². The van der Waals surface area contributed by atoms with Gasteiger partial charge in [-0.1, -0.05) is 0 Å². The van der Waals surface area contributed by atoms with Crippen LogP contribution in [0.15, 0.2) is 0 Å². The van der Waals surface area contributed by atoms with Gasteiger partial charge in [0.05, 0.1) is 0 Å². The highest BCUT2D eigenvalue weighted by Crippen LogP contribution is 2.05. The summed E-state index contributed by atoms with van der Waals surface area (Å²) in [6, 6.07) is 0.759. The smallest absolute Gasteiger partial charge is 0.0477 e. The first-order valence-corrected chi connectivity index (χ1v) is 3.16. The Morgan fingerprint density at radius 1 is 1.67 bits per heavy atom. The van der Waals surface area contributed by atoms with Gasteiger partial charge in [0.1, 0.15) is 0 Å². The summed E-state index contributed by atoms with van der Waals surface area (Å²) in [6.45, 7) is 2.10. The number of methoxy groups -OCH3 is 1. The molecule has 1 rings (SSSR count). The fourth-order valence-electron chi connectivity index (χ4n) is 0.855. The lowest BCUT2D eigenvalue weighted by atomic mass is 10.1. The minimum atomic E-state index is 0. The second-order valence-electron chi connectivity index (χ2n) is 2.22. The van der Waals surface area contributed by atoms with E-state index in [1.165, 1.54) is 19.4 Å². The molecule has 3 heteroatoms. The van der Waals surface area contributed by atoms with E-state index in [0.29, 0.717) is 0 Å². The summed E-state index contributed by atoms with van der Waals surface area (Å²) >= 11 is 0. The molecule has 1 aliphatic heterocycles. The lowest BCUT2D eigenvalue weighted by Gasteiger charge is -2.26. The zero-order chi connectivity index (χ0) is 5.82. The summed E-state index contributed by atoms with van der Waals surface area (Å²) in [6.07, 6.45) is 2.51. The molecule has 0 amide bonds. The third-order valence-corrected chi connectivity index (χ3v) is 1.60. The molecule has 0 aromatic rings. The summed E-state index contributed by atoms with van der Waals surface area (Å²) in [7, 11) is 1.75. The van der Waals surface area contributed by atoms with Gasteiger partial charge in [-0.25, -0.2) is 0 Å². The van der Waals surface area contributed by atoms with E-state index in [9.17, 15) is 0 Å². The summed E-state index contributed by atoms with van der Waals surface area (Å²) in [5.74, 6) is 0. The van der Waals surface area contributed by atoms with Gasteiger partial charge >= 0.3 is 0 Å². The maximum absolute atomic E-state index is 4.91. The van der Waals surface area contributed by atoms with Gasteiger partial charge in [-0.3, -0.25) is 0 Å². The van der Waals surface area contributed by atoms with Crippen molar-refractivity contribution in [1.29, 1.82) is 0 Å². The predicted octanol–water partition coefficient (Wildman–Crippen LogP) is 0.807. The van der Waals surface area contributed by atoms with E-state index in [1.54, 1.807) is 7.11 Å². The lowest BCUT2D eigenvalue weighted by Crippen LogP contribution is -2.43. The number of hydrogen-bond donors (Lipinski definition) is 1. The predicted molar refractivity (Wildman–Crippen MR) is 40.1 cm³/mol. The highest BCUT2D eigenvalue weighted by molar-refractivity contribution is 5.85. The van der Waals surface area contributed by atoms with Crippen molar-refractivity contribution in [3.05, 3.63) is 0 Å². The molecule has 0 aromatic carbocycles. The van der Waals surface area contributed by atoms with Crippen LogP contribution in [0.5, 0.6) is 0 Å². The number of rotatable bonds is 3. The van der Waals surface area contributed by atoms with Crippen molar-refractivity contribution < 1.29 is 4.74 Å². The molecule has 1 heterocycles. The van der Waals surface area contributed by atoms with Crippen LogP contribution in [0, 0.1) is 0 Å². The number of hydrogen-bond acceptors (Lipinski definition) is 2. The Kier molecular flexibility index (Phi) is 5.15. The van der Waals surface area contributed by atoms with Crippen LogP contribution in [0.4, 0.5) is 0 Å². The molecular formula is C6H14ClNO. The zero-order valence-electron chi connectivity index (χ0n) is 5.72. The molecule has 1 fully saturated rings. The standard InChI is InChI=1S/C6H13NO.ClH/c1-8-5-3-6-2-4-7-6;/h6-7H,2-5H2,1H3;1H/t6-;/m0./s1. The minimum Gasteiger partial charge on any atom is -0.385 e. The molecule has 1 N–H and O–H groups in total. The molecule has 56 valence electrons. The molecule has 2 nitrogen and oxygen atoms in total. The van der Waals surface area contributed by atoms with E-state index in [4.69, 9.17) is 4.74 Å². The van der Waals surface area contributed by atoms with Crippen LogP contribution in [-0.2, 0) is 4.74 Å². The quantitative estimate of drug-likeness (QED) is 0.645. The van der Waals surface area contributed by atoms with E-state index in [2.05, 4.69) is 5.32 Å². The molecule has 1 atom stereocenters. The number of nitrogens with one attached hydrogen (secondary N) is 1. The Morgan fingerprint density at radius 3 is 2.67 bits per heavy atom. The number of halogens is 1. The summed E-state index contributed by atoms with van der Waals surface area (Å²) in [5.41, 5.74) is 0. The average Bonchev–Trinajstić information content (AvgIpc) is 1.63. The Balaban J connectivity index is 0.000000640. The SMILES string of the molecule is COCC[C@@H]1CCN1.Cl. The monoisotopic (exact) mass is 151 g/mol. The molecule has 0 saturated carbocycles.